The summed E-state index contributed by atoms with van der Waals surface area (Å²) in [6.07, 6.45) is 1.00. The molecule has 4 heteroatoms. The van der Waals surface area contributed by atoms with E-state index in [2.05, 4.69) is 24.5 Å². The van der Waals surface area contributed by atoms with Crippen LogP contribution in [0.1, 0.15) is 56.0 Å². The van der Waals surface area contributed by atoms with Crippen molar-refractivity contribution in [2.24, 2.45) is 5.92 Å². The Labute approximate surface area is 149 Å². The third kappa shape index (κ3) is 4.92. The van der Waals surface area contributed by atoms with Crippen molar-refractivity contribution >= 4 is 23.2 Å². The molecule has 2 N–H and O–H groups in total. The largest absolute Gasteiger partial charge is 0.326 e. The van der Waals surface area contributed by atoms with Crippen molar-refractivity contribution in [1.29, 1.82) is 0 Å². The lowest BCUT2D eigenvalue weighted by atomic mass is 9.97. The van der Waals surface area contributed by atoms with Crippen LogP contribution in [0.5, 0.6) is 0 Å². The monoisotopic (exact) mass is 338 g/mol. The number of para-hydroxylation sites is 1. The number of anilines is 2. The summed E-state index contributed by atoms with van der Waals surface area (Å²) in [7, 11) is 0. The Hall–Kier alpha value is -2.62. The molecule has 0 bridgehead atoms. The second-order valence-electron chi connectivity index (χ2n) is 6.58. The summed E-state index contributed by atoms with van der Waals surface area (Å²) in [5.74, 6) is 0.00382. The number of amides is 2. The first-order valence-electron chi connectivity index (χ1n) is 8.73. The Bertz CT molecular complexity index is 753. The molecular weight excluding hydrogens is 312 g/mol. The van der Waals surface area contributed by atoms with Crippen molar-refractivity contribution in [3.8, 4) is 0 Å². The molecule has 1 atom stereocenters. The maximum atomic E-state index is 12.6. The summed E-state index contributed by atoms with van der Waals surface area (Å²) in [6, 6.07) is 14.9. The predicted octanol–water partition coefficient (Wildman–Crippen LogP) is 5.05. The zero-order valence-electron chi connectivity index (χ0n) is 15.3. The van der Waals surface area contributed by atoms with E-state index in [1.54, 1.807) is 24.3 Å². The summed E-state index contributed by atoms with van der Waals surface area (Å²) in [6.45, 7) is 7.94. The van der Waals surface area contributed by atoms with Gasteiger partial charge in [-0.15, -0.1) is 0 Å². The van der Waals surface area contributed by atoms with Gasteiger partial charge in [-0.05, 0) is 42.2 Å². The molecule has 2 aromatic carbocycles. The highest BCUT2D eigenvalue weighted by Crippen LogP contribution is 2.27. The van der Waals surface area contributed by atoms with Crippen LogP contribution in [0.4, 0.5) is 11.4 Å². The number of carbonyl (C=O) groups is 2. The lowest BCUT2D eigenvalue weighted by Gasteiger charge is -2.16. The van der Waals surface area contributed by atoms with Gasteiger partial charge in [-0.25, -0.2) is 0 Å². The Morgan fingerprint density at radius 2 is 1.68 bits per heavy atom. The van der Waals surface area contributed by atoms with Crippen LogP contribution in [0.15, 0.2) is 48.5 Å². The summed E-state index contributed by atoms with van der Waals surface area (Å²) < 4.78 is 0. The quantitative estimate of drug-likeness (QED) is 0.774. The highest BCUT2D eigenvalue weighted by Gasteiger charge is 2.13. The lowest BCUT2D eigenvalue weighted by Crippen LogP contribution is -2.18. The molecular formula is C21H26N2O2. The van der Waals surface area contributed by atoms with Crippen molar-refractivity contribution in [1.82, 2.24) is 0 Å². The van der Waals surface area contributed by atoms with Gasteiger partial charge in [0.15, 0.2) is 0 Å². The Morgan fingerprint density at radius 1 is 0.960 bits per heavy atom. The highest BCUT2D eigenvalue weighted by molar-refractivity contribution is 6.05. The number of benzene rings is 2. The van der Waals surface area contributed by atoms with Gasteiger partial charge in [0.25, 0.3) is 5.91 Å². The lowest BCUT2D eigenvalue weighted by molar-refractivity contribution is -0.118. The van der Waals surface area contributed by atoms with Crippen LogP contribution in [-0.4, -0.2) is 11.8 Å². The summed E-state index contributed by atoms with van der Waals surface area (Å²) in [5.41, 5.74) is 3.10. The van der Waals surface area contributed by atoms with Crippen molar-refractivity contribution in [3.63, 3.8) is 0 Å². The Morgan fingerprint density at radius 3 is 2.36 bits per heavy atom. The van der Waals surface area contributed by atoms with E-state index in [1.807, 2.05) is 38.1 Å². The third-order valence-electron chi connectivity index (χ3n) is 4.27. The van der Waals surface area contributed by atoms with E-state index in [-0.39, 0.29) is 17.7 Å². The second kappa shape index (κ2) is 8.47. The Balaban J connectivity index is 2.18. The van der Waals surface area contributed by atoms with Crippen LogP contribution in [-0.2, 0) is 4.79 Å². The van der Waals surface area contributed by atoms with Crippen molar-refractivity contribution < 1.29 is 9.59 Å². The van der Waals surface area contributed by atoms with Gasteiger partial charge < -0.3 is 10.6 Å². The van der Waals surface area contributed by atoms with Crippen LogP contribution in [0.2, 0.25) is 0 Å². The van der Waals surface area contributed by atoms with E-state index in [9.17, 15) is 9.59 Å². The van der Waals surface area contributed by atoms with E-state index in [4.69, 9.17) is 0 Å². The molecule has 0 saturated heterocycles. The normalized spacial score (nSPS) is 11.9. The molecule has 2 rings (SSSR count). The minimum Gasteiger partial charge on any atom is -0.326 e. The number of rotatable bonds is 6. The molecule has 0 saturated carbocycles. The fraction of sp³-hybridized carbons (Fsp3) is 0.333. The van der Waals surface area contributed by atoms with E-state index < -0.39 is 0 Å². The summed E-state index contributed by atoms with van der Waals surface area (Å²) in [4.78, 5) is 24.5. The molecule has 132 valence electrons. The molecule has 0 aliphatic carbocycles. The molecule has 0 aromatic heterocycles. The standard InChI is InChI=1S/C21H26N2O2/c1-5-15(4)18-11-6-7-12-19(18)23-21(25)16-9-8-10-17(13-16)22-20(24)14(2)3/h6-15H,5H2,1-4H3,(H,22,24)(H,23,25)/t15-/m0/s1. The molecule has 0 radical (unpaired) electrons. The van der Waals surface area contributed by atoms with Gasteiger partial charge >= 0.3 is 0 Å². The number of hydrogen-bond acceptors (Lipinski definition) is 2. The zero-order chi connectivity index (χ0) is 18.4. The third-order valence-corrected chi connectivity index (χ3v) is 4.27. The number of nitrogens with one attached hydrogen (secondary N) is 2. The second-order valence-corrected chi connectivity index (χ2v) is 6.58. The Kier molecular flexibility index (Phi) is 6.34. The fourth-order valence-corrected chi connectivity index (χ4v) is 2.48. The van der Waals surface area contributed by atoms with Crippen LogP contribution < -0.4 is 10.6 Å². The summed E-state index contributed by atoms with van der Waals surface area (Å²) in [5, 5.41) is 5.81. The van der Waals surface area contributed by atoms with Crippen LogP contribution in [0.3, 0.4) is 0 Å². The van der Waals surface area contributed by atoms with E-state index in [1.165, 1.54) is 0 Å². The first-order valence-corrected chi connectivity index (χ1v) is 8.73. The van der Waals surface area contributed by atoms with Gasteiger partial charge in [0.2, 0.25) is 5.91 Å². The molecule has 0 unspecified atom stereocenters. The average molecular weight is 338 g/mol. The molecule has 0 aliphatic rings. The van der Waals surface area contributed by atoms with Gasteiger partial charge in [0.05, 0.1) is 0 Å². The van der Waals surface area contributed by atoms with Crippen molar-refractivity contribution in [2.75, 3.05) is 10.6 Å². The molecule has 25 heavy (non-hydrogen) atoms. The maximum Gasteiger partial charge on any atom is 0.255 e. The highest BCUT2D eigenvalue weighted by atomic mass is 16.2. The molecule has 0 spiro atoms. The maximum absolute atomic E-state index is 12.6. The van der Waals surface area contributed by atoms with Crippen molar-refractivity contribution in [2.45, 2.75) is 40.0 Å². The minimum atomic E-state index is -0.184. The number of carbonyl (C=O) groups excluding carboxylic acids is 2. The first-order chi connectivity index (χ1) is 11.9. The van der Waals surface area contributed by atoms with Crippen LogP contribution in [0.25, 0.3) is 0 Å². The SMILES string of the molecule is CC[C@H](C)c1ccccc1NC(=O)c1cccc(NC(=O)C(C)C)c1. The summed E-state index contributed by atoms with van der Waals surface area (Å²) >= 11 is 0. The fourth-order valence-electron chi connectivity index (χ4n) is 2.48. The van der Waals surface area contributed by atoms with Gasteiger partial charge in [-0.1, -0.05) is 52.0 Å². The predicted molar refractivity (Wildman–Crippen MR) is 103 cm³/mol. The minimum absolute atomic E-state index is 0.0697. The first kappa shape index (κ1) is 18.7. The molecule has 0 fully saturated rings. The van der Waals surface area contributed by atoms with Crippen molar-refractivity contribution in [3.05, 3.63) is 59.7 Å². The van der Waals surface area contributed by atoms with E-state index >= 15 is 0 Å². The van der Waals surface area contributed by atoms with Gasteiger partial charge in [-0.3, -0.25) is 9.59 Å². The van der Waals surface area contributed by atoms with Gasteiger partial charge in [0.1, 0.15) is 0 Å². The topological polar surface area (TPSA) is 58.2 Å². The number of hydrogen-bond donors (Lipinski definition) is 2. The van der Waals surface area contributed by atoms with E-state index in [0.29, 0.717) is 17.2 Å². The van der Waals surface area contributed by atoms with Gasteiger partial charge in [-0.2, -0.15) is 0 Å². The molecule has 4 nitrogen and oxygen atoms in total. The average Bonchev–Trinajstić information content (AvgIpc) is 2.61. The van der Waals surface area contributed by atoms with Crippen LogP contribution >= 0.6 is 0 Å². The molecule has 2 aromatic rings. The molecule has 2 amide bonds. The molecule has 0 aliphatic heterocycles. The molecule has 0 heterocycles. The zero-order valence-corrected chi connectivity index (χ0v) is 15.3. The van der Waals surface area contributed by atoms with Crippen LogP contribution in [0, 0.1) is 5.92 Å². The smallest absolute Gasteiger partial charge is 0.255 e. The van der Waals surface area contributed by atoms with E-state index in [0.717, 1.165) is 17.7 Å². The van der Waals surface area contributed by atoms with Gasteiger partial charge in [0, 0.05) is 22.9 Å².